The molecule has 0 aliphatic carbocycles. The SMILES string of the molecule is CC(=O)NC(=O)[O-]. The number of rotatable bonds is 0. The Balaban J connectivity index is 3.32. The van der Waals surface area contributed by atoms with Gasteiger partial charge in [-0.25, -0.2) is 0 Å². The third-order valence-corrected chi connectivity index (χ3v) is 0.278. The van der Waals surface area contributed by atoms with Crippen molar-refractivity contribution in [2.24, 2.45) is 0 Å². The summed E-state index contributed by atoms with van der Waals surface area (Å²) >= 11 is 0. The second-order valence-electron chi connectivity index (χ2n) is 0.969. The summed E-state index contributed by atoms with van der Waals surface area (Å²) in [4.78, 5) is 19.1. The van der Waals surface area contributed by atoms with Crippen molar-refractivity contribution >= 4 is 12.0 Å². The van der Waals surface area contributed by atoms with Gasteiger partial charge in [0.25, 0.3) is 0 Å². The predicted molar refractivity (Wildman–Crippen MR) is 19.2 cm³/mol. The van der Waals surface area contributed by atoms with Crippen LogP contribution in [0.4, 0.5) is 4.79 Å². The van der Waals surface area contributed by atoms with E-state index in [1.807, 2.05) is 0 Å². The molecule has 40 valence electrons. The fourth-order valence-corrected chi connectivity index (χ4v) is 0.144. The van der Waals surface area contributed by atoms with E-state index in [-0.39, 0.29) is 0 Å². The molecule has 0 radical (unpaired) electrons. The van der Waals surface area contributed by atoms with Gasteiger partial charge in [-0.2, -0.15) is 0 Å². The van der Waals surface area contributed by atoms with Crippen LogP contribution in [-0.2, 0) is 4.79 Å². The third-order valence-electron chi connectivity index (χ3n) is 0.278. The van der Waals surface area contributed by atoms with Crippen molar-refractivity contribution in [1.29, 1.82) is 0 Å². The minimum absolute atomic E-state index is 0.625. The van der Waals surface area contributed by atoms with Crippen molar-refractivity contribution in [1.82, 2.24) is 5.32 Å². The molecule has 0 fully saturated rings. The van der Waals surface area contributed by atoms with E-state index in [1.165, 1.54) is 5.32 Å². The normalized spacial score (nSPS) is 7.57. The Hall–Kier alpha value is -1.06. The maximum atomic E-state index is 9.72. The van der Waals surface area contributed by atoms with Crippen LogP contribution in [0.3, 0.4) is 0 Å². The Morgan fingerprint density at radius 2 is 2.00 bits per heavy atom. The summed E-state index contributed by atoms with van der Waals surface area (Å²) in [7, 11) is 0. The molecule has 0 spiro atoms. The van der Waals surface area contributed by atoms with Crippen LogP contribution >= 0.6 is 0 Å². The zero-order valence-electron chi connectivity index (χ0n) is 3.72. The second-order valence-corrected chi connectivity index (χ2v) is 0.969. The first kappa shape index (κ1) is 5.94. The maximum absolute atomic E-state index is 9.72. The molecule has 0 aromatic carbocycles. The lowest BCUT2D eigenvalue weighted by Gasteiger charge is -1.97. The molecule has 7 heavy (non-hydrogen) atoms. The number of carbonyl (C=O) groups excluding carboxylic acids is 2. The summed E-state index contributed by atoms with van der Waals surface area (Å²) in [6.07, 6.45) is -1.56. The van der Waals surface area contributed by atoms with Gasteiger partial charge in [-0.3, -0.25) is 4.79 Å². The predicted octanol–water partition coefficient (Wildman–Crippen LogP) is -1.53. The van der Waals surface area contributed by atoms with Gasteiger partial charge in [0.15, 0.2) is 0 Å². The lowest BCUT2D eigenvalue weighted by molar-refractivity contribution is -0.249. The molecule has 0 aromatic rings. The van der Waals surface area contributed by atoms with E-state index >= 15 is 0 Å². The fraction of sp³-hybridized carbons (Fsp3) is 0.333. The van der Waals surface area contributed by atoms with Crippen LogP contribution in [0.5, 0.6) is 0 Å². The summed E-state index contributed by atoms with van der Waals surface area (Å²) in [6, 6.07) is 0. The van der Waals surface area contributed by atoms with Crippen molar-refractivity contribution in [3.8, 4) is 0 Å². The molecule has 4 nitrogen and oxygen atoms in total. The Bertz CT molecular complexity index is 86.4. The van der Waals surface area contributed by atoms with E-state index in [4.69, 9.17) is 0 Å². The Morgan fingerprint density at radius 1 is 1.57 bits per heavy atom. The van der Waals surface area contributed by atoms with E-state index in [1.54, 1.807) is 0 Å². The molecule has 0 heterocycles. The molecule has 0 bridgehead atoms. The minimum Gasteiger partial charge on any atom is -0.530 e. The molecular formula is C3H4NO3-. The number of imide groups is 1. The van der Waals surface area contributed by atoms with Crippen molar-refractivity contribution in [2.75, 3.05) is 0 Å². The first-order valence-electron chi connectivity index (χ1n) is 1.61. The molecule has 2 amide bonds. The smallest absolute Gasteiger partial charge is 0.222 e. The highest BCUT2D eigenvalue weighted by Gasteiger charge is 1.84. The third kappa shape index (κ3) is 4.94. The summed E-state index contributed by atoms with van der Waals surface area (Å²) in [6.45, 7) is 1.09. The minimum atomic E-state index is -1.56. The second kappa shape index (κ2) is 2.17. The molecule has 0 aromatic heterocycles. The highest BCUT2D eigenvalue weighted by atomic mass is 16.4. The number of nitrogens with one attached hydrogen (secondary N) is 1. The van der Waals surface area contributed by atoms with Gasteiger partial charge in [0.2, 0.25) is 5.91 Å². The largest absolute Gasteiger partial charge is 0.530 e. The van der Waals surface area contributed by atoms with Gasteiger partial charge < -0.3 is 15.2 Å². The van der Waals surface area contributed by atoms with Crippen LogP contribution in [0.25, 0.3) is 0 Å². The lowest BCUT2D eigenvalue weighted by atomic mass is 10.7. The first-order chi connectivity index (χ1) is 3.13. The topological polar surface area (TPSA) is 69.2 Å². The zero-order valence-corrected chi connectivity index (χ0v) is 3.72. The average Bonchev–Trinajstić information content (AvgIpc) is 1.27. The van der Waals surface area contributed by atoms with E-state index in [9.17, 15) is 14.7 Å². The molecular weight excluding hydrogens is 98.0 g/mol. The average molecular weight is 102 g/mol. The Morgan fingerprint density at radius 3 is 2.00 bits per heavy atom. The van der Waals surface area contributed by atoms with E-state index in [0.717, 1.165) is 6.92 Å². The number of carboxylic acid groups (broad SMARTS) is 1. The summed E-state index contributed by atoms with van der Waals surface area (Å²) in [5.74, 6) is -0.625. The summed E-state index contributed by atoms with van der Waals surface area (Å²) in [5, 5.41) is 10.8. The van der Waals surface area contributed by atoms with Gasteiger partial charge in [0.1, 0.15) is 6.09 Å². The standard InChI is InChI=1S/C3H5NO3/c1-2(5)4-3(6)7/h1H3,(H,4,5)(H,6,7)/p-1. The quantitative estimate of drug-likeness (QED) is 0.403. The summed E-state index contributed by atoms with van der Waals surface area (Å²) < 4.78 is 0. The van der Waals surface area contributed by atoms with Gasteiger partial charge in [-0.1, -0.05) is 0 Å². The Labute approximate surface area is 40.1 Å². The lowest BCUT2D eigenvalue weighted by Crippen LogP contribution is -2.39. The van der Waals surface area contributed by atoms with Gasteiger partial charge in [-0.15, -0.1) is 0 Å². The fourth-order valence-electron chi connectivity index (χ4n) is 0.144. The van der Waals surface area contributed by atoms with Gasteiger partial charge in [-0.05, 0) is 0 Å². The van der Waals surface area contributed by atoms with Crippen molar-refractivity contribution < 1.29 is 14.7 Å². The molecule has 0 saturated carbocycles. The maximum Gasteiger partial charge on any atom is 0.222 e. The molecule has 4 heteroatoms. The molecule has 0 unspecified atom stereocenters. The van der Waals surface area contributed by atoms with Gasteiger partial charge in [0.05, 0.1) is 0 Å². The van der Waals surface area contributed by atoms with Crippen molar-refractivity contribution in [3.63, 3.8) is 0 Å². The molecule has 0 aliphatic rings. The van der Waals surface area contributed by atoms with E-state index < -0.39 is 12.0 Å². The molecule has 0 rings (SSSR count). The van der Waals surface area contributed by atoms with Crippen LogP contribution in [0.1, 0.15) is 6.92 Å². The van der Waals surface area contributed by atoms with Crippen molar-refractivity contribution in [2.45, 2.75) is 6.92 Å². The highest BCUT2D eigenvalue weighted by Crippen LogP contribution is 1.54. The number of carbonyl (C=O) groups is 2. The monoisotopic (exact) mass is 102 g/mol. The highest BCUT2D eigenvalue weighted by molar-refractivity contribution is 5.88. The molecule has 0 atom stereocenters. The van der Waals surface area contributed by atoms with E-state index in [0.29, 0.717) is 0 Å². The van der Waals surface area contributed by atoms with Crippen LogP contribution in [0, 0.1) is 0 Å². The van der Waals surface area contributed by atoms with Gasteiger partial charge >= 0.3 is 0 Å². The van der Waals surface area contributed by atoms with Crippen LogP contribution in [-0.4, -0.2) is 12.0 Å². The van der Waals surface area contributed by atoms with E-state index in [2.05, 4.69) is 0 Å². The van der Waals surface area contributed by atoms with Crippen LogP contribution in [0.2, 0.25) is 0 Å². The van der Waals surface area contributed by atoms with Crippen molar-refractivity contribution in [3.05, 3.63) is 0 Å². The summed E-state index contributed by atoms with van der Waals surface area (Å²) in [5.41, 5.74) is 0. The zero-order chi connectivity index (χ0) is 5.86. The molecule has 0 saturated heterocycles. The van der Waals surface area contributed by atoms with Gasteiger partial charge in [0, 0.05) is 6.92 Å². The Kier molecular flexibility index (Phi) is 1.84. The van der Waals surface area contributed by atoms with Crippen LogP contribution < -0.4 is 10.4 Å². The first-order valence-corrected chi connectivity index (χ1v) is 1.61. The molecule has 1 N–H and O–H groups in total. The molecule has 0 aliphatic heterocycles. The van der Waals surface area contributed by atoms with Crippen LogP contribution in [0.15, 0.2) is 0 Å². The number of hydrogen-bond acceptors (Lipinski definition) is 3. The number of amides is 2. The number of hydrogen-bond donors (Lipinski definition) is 1.